The number of allylic oxidation sites excluding steroid dienone is 1. The minimum absolute atomic E-state index is 0.0926. The number of amides is 1. The number of aryl methyl sites for hydroxylation is 1. The topological polar surface area (TPSA) is 81.1 Å². The Morgan fingerprint density at radius 1 is 1.15 bits per heavy atom. The van der Waals surface area contributed by atoms with Crippen molar-refractivity contribution >= 4 is 79.1 Å². The lowest BCUT2D eigenvalue weighted by atomic mass is 10.1. The minimum Gasteiger partial charge on any atom is -0.349 e. The molecule has 0 saturated heterocycles. The highest BCUT2D eigenvalue weighted by Gasteiger charge is 2.27. The van der Waals surface area contributed by atoms with Crippen molar-refractivity contribution in [3.63, 3.8) is 0 Å². The van der Waals surface area contributed by atoms with Crippen LogP contribution in [0.1, 0.15) is 23.2 Å². The molecule has 13 heteroatoms. The first-order valence-corrected chi connectivity index (χ1v) is 13.8. The summed E-state index contributed by atoms with van der Waals surface area (Å²) in [5, 5.41) is 7.76. The summed E-state index contributed by atoms with van der Waals surface area (Å²) in [6.45, 7) is -0.124. The number of aromatic nitrogens is 2. The van der Waals surface area contributed by atoms with Crippen molar-refractivity contribution in [3.8, 4) is 0 Å². The zero-order chi connectivity index (χ0) is 24.6. The number of thiophene rings is 1. The van der Waals surface area contributed by atoms with Gasteiger partial charge in [-0.15, -0.1) is 11.3 Å². The summed E-state index contributed by atoms with van der Waals surface area (Å²) in [4.78, 5) is 12.2. The van der Waals surface area contributed by atoms with Crippen LogP contribution in [0.15, 0.2) is 40.5 Å². The van der Waals surface area contributed by atoms with Gasteiger partial charge in [-0.2, -0.15) is 5.10 Å². The summed E-state index contributed by atoms with van der Waals surface area (Å²) in [6.07, 6.45) is 2.73. The largest absolute Gasteiger partial charge is 0.349 e. The molecule has 2 aromatic heterocycles. The van der Waals surface area contributed by atoms with E-state index in [1.807, 2.05) is 0 Å². The van der Waals surface area contributed by atoms with Crippen molar-refractivity contribution in [1.82, 2.24) is 15.1 Å². The van der Waals surface area contributed by atoms with Crippen molar-refractivity contribution in [2.45, 2.75) is 23.6 Å². The van der Waals surface area contributed by atoms with E-state index in [1.165, 1.54) is 6.07 Å². The third kappa shape index (κ3) is 5.45. The van der Waals surface area contributed by atoms with E-state index in [2.05, 4.69) is 10.4 Å². The lowest BCUT2D eigenvalue weighted by molar-refractivity contribution is -0.118. The molecule has 3 aromatic rings. The van der Waals surface area contributed by atoms with Crippen LogP contribution in [0.4, 0.5) is 4.39 Å². The normalized spacial score (nSPS) is 14.9. The maximum atomic E-state index is 15.1. The third-order valence-corrected chi connectivity index (χ3v) is 9.83. The summed E-state index contributed by atoms with van der Waals surface area (Å²) in [7, 11) is -3.95. The Morgan fingerprint density at radius 3 is 2.59 bits per heavy atom. The second kappa shape index (κ2) is 10.2. The lowest BCUT2D eigenvalue weighted by Crippen LogP contribution is -2.31. The van der Waals surface area contributed by atoms with Gasteiger partial charge in [0.25, 0.3) is 0 Å². The first-order valence-electron chi connectivity index (χ1n) is 9.86. The van der Waals surface area contributed by atoms with E-state index in [-0.39, 0.29) is 13.6 Å². The molecular weight excluding hydrogens is 567 g/mol. The predicted molar refractivity (Wildman–Crippen MR) is 134 cm³/mol. The van der Waals surface area contributed by atoms with Crippen LogP contribution in [0.3, 0.4) is 0 Å². The molecule has 0 fully saturated rings. The fourth-order valence-corrected chi connectivity index (χ4v) is 7.18. The third-order valence-electron chi connectivity index (χ3n) is 5.20. The number of nitrogens with zero attached hydrogens (tertiary/aromatic N) is 2. The molecule has 1 amide bonds. The highest BCUT2D eigenvalue weighted by Crippen LogP contribution is 2.36. The Hall–Kier alpha value is -1.62. The molecule has 2 heterocycles. The number of hydrogen-bond acceptors (Lipinski definition) is 5. The fraction of sp³-hybridized carbons (Fsp3) is 0.238. The van der Waals surface area contributed by atoms with Gasteiger partial charge in [0.15, 0.2) is 9.84 Å². The van der Waals surface area contributed by atoms with Gasteiger partial charge in [0.05, 0.1) is 30.0 Å². The van der Waals surface area contributed by atoms with Gasteiger partial charge in [-0.05, 0) is 42.2 Å². The number of carbonyl (C=O) groups is 1. The molecule has 1 aliphatic rings. The maximum absolute atomic E-state index is 15.1. The average molecular weight is 583 g/mol. The summed E-state index contributed by atoms with van der Waals surface area (Å²) < 4.78 is 41.5. The van der Waals surface area contributed by atoms with Crippen LogP contribution in [0, 0.1) is 0 Å². The molecule has 4 rings (SSSR count). The number of hydrogen-bond donors (Lipinski definition) is 1. The van der Waals surface area contributed by atoms with Gasteiger partial charge in [0.1, 0.15) is 20.1 Å². The predicted octanol–water partition coefficient (Wildman–Crippen LogP) is 5.82. The summed E-state index contributed by atoms with van der Waals surface area (Å²) in [5.41, 5.74) is 2.71. The van der Waals surface area contributed by atoms with Crippen LogP contribution >= 0.6 is 57.7 Å². The Balaban J connectivity index is 1.47. The number of fused-ring (bicyclic) bond motifs is 1. The molecule has 1 aliphatic carbocycles. The van der Waals surface area contributed by atoms with E-state index in [0.717, 1.165) is 22.5 Å². The van der Waals surface area contributed by atoms with Gasteiger partial charge >= 0.3 is 0 Å². The molecule has 0 radical (unpaired) electrons. The first kappa shape index (κ1) is 25.5. The number of rotatable bonds is 7. The van der Waals surface area contributed by atoms with Crippen LogP contribution in [0.25, 0.3) is 5.57 Å². The van der Waals surface area contributed by atoms with E-state index < -0.39 is 33.9 Å². The highest BCUT2D eigenvalue weighted by molar-refractivity contribution is 7.94. The van der Waals surface area contributed by atoms with E-state index >= 15 is 4.39 Å². The van der Waals surface area contributed by atoms with Crippen LogP contribution in [-0.4, -0.2) is 36.4 Å². The number of sulfone groups is 1. The van der Waals surface area contributed by atoms with E-state index in [0.29, 0.717) is 40.7 Å². The Labute approximate surface area is 219 Å². The highest BCUT2D eigenvalue weighted by atomic mass is 35.5. The van der Waals surface area contributed by atoms with Crippen LogP contribution in [0.2, 0.25) is 19.4 Å². The van der Waals surface area contributed by atoms with Gasteiger partial charge in [0, 0.05) is 15.6 Å². The van der Waals surface area contributed by atoms with Gasteiger partial charge < -0.3 is 5.32 Å². The molecule has 0 aliphatic heterocycles. The van der Waals surface area contributed by atoms with Gasteiger partial charge in [-0.1, -0.05) is 52.5 Å². The van der Waals surface area contributed by atoms with Crippen molar-refractivity contribution in [2.75, 3.05) is 12.3 Å². The first-order chi connectivity index (χ1) is 16.0. The molecule has 0 atom stereocenters. The number of nitrogens with one attached hydrogen (secondary N) is 1. The Morgan fingerprint density at radius 2 is 1.91 bits per heavy atom. The van der Waals surface area contributed by atoms with E-state index in [1.54, 1.807) is 29.1 Å². The second-order valence-electron chi connectivity index (χ2n) is 7.52. The molecule has 1 aromatic carbocycles. The molecule has 0 unspecified atom stereocenters. The monoisotopic (exact) mass is 581 g/mol. The Bertz CT molecular complexity index is 1400. The minimum atomic E-state index is -3.95. The van der Waals surface area contributed by atoms with Crippen LogP contribution < -0.4 is 5.32 Å². The summed E-state index contributed by atoms with van der Waals surface area (Å²) >= 11 is 24.6. The molecule has 1 N–H and O–H groups in total. The molecule has 34 heavy (non-hydrogen) atoms. The molecule has 6 nitrogen and oxygen atoms in total. The SMILES string of the molecule is O=C(CS(=O)(=O)c1cc(Cl)c(Cl)s1)NC/C(F)=C1\CCc2cnn(Cc3ccc(Cl)cc3Cl)c21. The number of benzene rings is 1. The van der Waals surface area contributed by atoms with Crippen molar-refractivity contribution in [3.05, 3.63) is 72.5 Å². The summed E-state index contributed by atoms with van der Waals surface area (Å²) in [5.74, 6) is -2.24. The zero-order valence-corrected chi connectivity index (χ0v) is 21.9. The molecular formula is C21H16Cl4FN3O3S2. The molecule has 0 bridgehead atoms. The van der Waals surface area contributed by atoms with Gasteiger partial charge in [-0.3, -0.25) is 9.48 Å². The molecule has 180 valence electrons. The molecule has 0 saturated carbocycles. The zero-order valence-electron chi connectivity index (χ0n) is 17.2. The smallest absolute Gasteiger partial charge is 0.235 e. The standard InChI is InChI=1S/C21H16Cl4FN3O3S2/c22-13-3-1-12(15(23)5-13)9-29-20-11(7-28-29)2-4-14(20)17(26)8-27-18(30)10-34(31,32)19-6-16(24)21(25)33-19/h1,3,5-7H,2,4,8-10H2,(H,27,30)/b17-14-. The quantitative estimate of drug-likeness (QED) is 0.380. The van der Waals surface area contributed by atoms with E-state index in [9.17, 15) is 13.2 Å². The van der Waals surface area contributed by atoms with Crippen molar-refractivity contribution in [1.29, 1.82) is 0 Å². The fourth-order valence-electron chi connectivity index (χ4n) is 3.59. The van der Waals surface area contributed by atoms with Crippen LogP contribution in [0.5, 0.6) is 0 Å². The molecule has 0 spiro atoms. The number of halogens is 5. The lowest BCUT2D eigenvalue weighted by Gasteiger charge is -2.11. The van der Waals surface area contributed by atoms with Gasteiger partial charge in [0.2, 0.25) is 5.91 Å². The van der Waals surface area contributed by atoms with Crippen LogP contribution in [-0.2, 0) is 27.6 Å². The van der Waals surface area contributed by atoms with E-state index in [4.69, 9.17) is 46.4 Å². The van der Waals surface area contributed by atoms with Crippen molar-refractivity contribution in [2.24, 2.45) is 0 Å². The maximum Gasteiger partial charge on any atom is 0.235 e. The second-order valence-corrected chi connectivity index (χ2v) is 12.6. The number of carbonyl (C=O) groups excluding carboxylic acids is 1. The van der Waals surface area contributed by atoms with Crippen molar-refractivity contribution < 1.29 is 17.6 Å². The average Bonchev–Trinajstić information content (AvgIpc) is 3.45. The Kier molecular flexibility index (Phi) is 7.61. The van der Waals surface area contributed by atoms with Gasteiger partial charge in [-0.25, -0.2) is 12.8 Å². The summed E-state index contributed by atoms with van der Waals surface area (Å²) in [6, 6.07) is 6.31.